The number of piperazine rings is 1. The molecule has 0 spiro atoms. The minimum atomic E-state index is 0.444. The standard InChI is InChI=1S/C29H37BrN8/c1-19-17-37(18-20(2)35(19)5)29-33-32-28-16-31-25-8-6-22(15-27(25)38(28)29)21-7-9-26(24(30)14-21)36-12-10-23(11-13-36)34(3)4/h6-9,14-16,19-20,23H,10-13,17-18H2,1-5H3/t19-,20+. The number of aromatic nitrogens is 4. The van der Waals surface area contributed by atoms with Crippen LogP contribution in [0.25, 0.3) is 27.8 Å². The molecule has 2 aromatic heterocycles. The first-order chi connectivity index (χ1) is 18.3. The first kappa shape index (κ1) is 25.5. The number of anilines is 2. The van der Waals surface area contributed by atoms with Crippen molar-refractivity contribution in [3.05, 3.63) is 47.1 Å². The zero-order valence-corrected chi connectivity index (χ0v) is 24.6. The SMILES string of the molecule is C[C@@H]1CN(c2nnc3cnc4ccc(-c5ccc(N6CCC(N(C)C)CC6)c(Br)c5)cc4n23)C[C@H](C)N1C. The molecule has 2 atom stereocenters. The number of benzene rings is 2. The Morgan fingerprint density at radius 1 is 0.895 bits per heavy atom. The van der Waals surface area contributed by atoms with Crippen LogP contribution in [0, 0.1) is 0 Å². The third-order valence-electron chi connectivity index (χ3n) is 8.67. The predicted octanol–water partition coefficient (Wildman–Crippen LogP) is 4.77. The molecular formula is C29H37BrN8. The van der Waals surface area contributed by atoms with Gasteiger partial charge in [0.2, 0.25) is 5.95 Å². The summed E-state index contributed by atoms with van der Waals surface area (Å²) in [5, 5.41) is 9.11. The average Bonchev–Trinajstić information content (AvgIpc) is 3.36. The molecule has 0 N–H and O–H groups in total. The van der Waals surface area contributed by atoms with Crippen molar-refractivity contribution in [2.75, 3.05) is 57.1 Å². The van der Waals surface area contributed by atoms with Crippen LogP contribution in [0.15, 0.2) is 47.1 Å². The number of hydrogen-bond acceptors (Lipinski definition) is 7. The molecule has 2 aromatic carbocycles. The van der Waals surface area contributed by atoms with Gasteiger partial charge >= 0.3 is 0 Å². The van der Waals surface area contributed by atoms with Crippen LogP contribution < -0.4 is 9.80 Å². The summed E-state index contributed by atoms with van der Waals surface area (Å²) < 4.78 is 3.31. The van der Waals surface area contributed by atoms with E-state index in [1.165, 1.54) is 24.1 Å². The number of likely N-dealkylation sites (N-methyl/N-ethyl adjacent to an activating group) is 1. The molecule has 0 bridgehead atoms. The maximum atomic E-state index is 4.69. The van der Waals surface area contributed by atoms with Gasteiger partial charge in [0.15, 0.2) is 5.65 Å². The highest BCUT2D eigenvalue weighted by Crippen LogP contribution is 2.35. The topological polar surface area (TPSA) is 56.0 Å². The monoisotopic (exact) mass is 576 g/mol. The molecule has 4 aromatic rings. The summed E-state index contributed by atoms with van der Waals surface area (Å²) >= 11 is 3.89. The van der Waals surface area contributed by atoms with Gasteiger partial charge in [-0.3, -0.25) is 14.3 Å². The number of nitrogens with zero attached hydrogens (tertiary/aromatic N) is 8. The number of halogens is 1. The lowest BCUT2D eigenvalue weighted by molar-refractivity contribution is 0.169. The molecule has 38 heavy (non-hydrogen) atoms. The van der Waals surface area contributed by atoms with Crippen LogP contribution in [0.2, 0.25) is 0 Å². The van der Waals surface area contributed by atoms with Crippen LogP contribution in [-0.2, 0) is 0 Å². The Kier molecular flexibility index (Phi) is 6.78. The van der Waals surface area contributed by atoms with Gasteiger partial charge in [0.25, 0.3) is 0 Å². The highest BCUT2D eigenvalue weighted by molar-refractivity contribution is 9.10. The van der Waals surface area contributed by atoms with Crippen molar-refractivity contribution in [2.45, 2.75) is 44.8 Å². The molecule has 8 nitrogen and oxygen atoms in total. The molecule has 2 saturated heterocycles. The summed E-state index contributed by atoms with van der Waals surface area (Å²) in [5.41, 5.74) is 6.36. The van der Waals surface area contributed by atoms with Crippen LogP contribution in [0.3, 0.4) is 0 Å². The number of piperidine rings is 1. The Morgan fingerprint density at radius 3 is 2.26 bits per heavy atom. The summed E-state index contributed by atoms with van der Waals surface area (Å²) in [4.78, 5) is 14.3. The summed E-state index contributed by atoms with van der Waals surface area (Å²) in [7, 11) is 6.58. The number of hydrogen-bond donors (Lipinski definition) is 0. The van der Waals surface area contributed by atoms with E-state index in [0.29, 0.717) is 18.1 Å². The Morgan fingerprint density at radius 2 is 1.58 bits per heavy atom. The van der Waals surface area contributed by atoms with Crippen LogP contribution in [0.5, 0.6) is 0 Å². The predicted molar refractivity (Wildman–Crippen MR) is 159 cm³/mol. The van der Waals surface area contributed by atoms with E-state index in [4.69, 9.17) is 0 Å². The summed E-state index contributed by atoms with van der Waals surface area (Å²) in [5.74, 6) is 0.897. The summed E-state index contributed by atoms with van der Waals surface area (Å²) in [6.45, 7) is 8.56. The fourth-order valence-corrected chi connectivity index (χ4v) is 6.69. The third kappa shape index (κ3) is 4.54. The van der Waals surface area contributed by atoms with Gasteiger partial charge in [0.1, 0.15) is 0 Å². The third-order valence-corrected chi connectivity index (χ3v) is 9.30. The van der Waals surface area contributed by atoms with Crippen molar-refractivity contribution in [2.24, 2.45) is 0 Å². The van der Waals surface area contributed by atoms with Crippen molar-refractivity contribution in [3.63, 3.8) is 0 Å². The summed E-state index contributed by atoms with van der Waals surface area (Å²) in [6.07, 6.45) is 4.22. The molecule has 0 aliphatic carbocycles. The first-order valence-electron chi connectivity index (χ1n) is 13.6. The lowest BCUT2D eigenvalue weighted by atomic mass is 10.0. The lowest BCUT2D eigenvalue weighted by Crippen LogP contribution is -2.55. The molecule has 200 valence electrons. The van der Waals surface area contributed by atoms with E-state index in [0.717, 1.165) is 58.8 Å². The maximum absolute atomic E-state index is 4.69. The molecule has 2 aliphatic rings. The second kappa shape index (κ2) is 10.1. The average molecular weight is 578 g/mol. The van der Waals surface area contributed by atoms with E-state index in [2.05, 4.69) is 127 Å². The Labute approximate surface area is 233 Å². The molecule has 0 radical (unpaired) electrons. The van der Waals surface area contributed by atoms with E-state index in [9.17, 15) is 0 Å². The quantitative estimate of drug-likeness (QED) is 0.347. The minimum Gasteiger partial charge on any atom is -0.371 e. The zero-order valence-electron chi connectivity index (χ0n) is 23.0. The molecule has 6 rings (SSSR count). The fourth-order valence-electron chi connectivity index (χ4n) is 6.06. The van der Waals surface area contributed by atoms with Gasteiger partial charge in [0.05, 0.1) is 22.9 Å². The molecule has 2 aliphatic heterocycles. The normalized spacial score (nSPS) is 21.8. The van der Waals surface area contributed by atoms with E-state index in [1.54, 1.807) is 0 Å². The van der Waals surface area contributed by atoms with Crippen molar-refractivity contribution >= 4 is 44.2 Å². The Hall–Kier alpha value is -2.75. The number of rotatable bonds is 4. The highest BCUT2D eigenvalue weighted by atomic mass is 79.9. The minimum absolute atomic E-state index is 0.444. The molecule has 0 unspecified atom stereocenters. The smallest absolute Gasteiger partial charge is 0.232 e. The zero-order chi connectivity index (χ0) is 26.6. The van der Waals surface area contributed by atoms with Crippen LogP contribution in [-0.4, -0.2) is 94.8 Å². The van der Waals surface area contributed by atoms with Crippen molar-refractivity contribution in [1.29, 1.82) is 0 Å². The molecule has 0 amide bonds. The van der Waals surface area contributed by atoms with E-state index >= 15 is 0 Å². The van der Waals surface area contributed by atoms with Gasteiger partial charge in [-0.1, -0.05) is 12.1 Å². The Bertz CT molecular complexity index is 1450. The molecule has 2 fully saturated rings. The largest absolute Gasteiger partial charge is 0.371 e. The van der Waals surface area contributed by atoms with Crippen molar-refractivity contribution < 1.29 is 0 Å². The van der Waals surface area contributed by atoms with Gasteiger partial charge in [-0.25, -0.2) is 0 Å². The fraction of sp³-hybridized carbons (Fsp3) is 0.483. The molecule has 0 saturated carbocycles. The van der Waals surface area contributed by atoms with Gasteiger partial charge in [-0.05, 0) is 99.2 Å². The van der Waals surface area contributed by atoms with E-state index in [-0.39, 0.29) is 0 Å². The first-order valence-corrected chi connectivity index (χ1v) is 14.4. The van der Waals surface area contributed by atoms with Crippen LogP contribution >= 0.6 is 15.9 Å². The Balaban J connectivity index is 1.34. The van der Waals surface area contributed by atoms with Crippen molar-refractivity contribution in [1.82, 2.24) is 29.4 Å². The van der Waals surface area contributed by atoms with Gasteiger partial charge < -0.3 is 14.7 Å². The second-order valence-corrected chi connectivity index (χ2v) is 12.1. The van der Waals surface area contributed by atoms with Crippen LogP contribution in [0.4, 0.5) is 11.6 Å². The molecule has 9 heteroatoms. The van der Waals surface area contributed by atoms with E-state index in [1.807, 2.05) is 6.20 Å². The van der Waals surface area contributed by atoms with Crippen LogP contribution in [0.1, 0.15) is 26.7 Å². The van der Waals surface area contributed by atoms with E-state index < -0.39 is 0 Å². The second-order valence-electron chi connectivity index (χ2n) is 11.3. The van der Waals surface area contributed by atoms with Gasteiger partial charge in [0, 0.05) is 48.8 Å². The molecular weight excluding hydrogens is 540 g/mol. The number of fused-ring (bicyclic) bond motifs is 3. The van der Waals surface area contributed by atoms with Gasteiger partial charge in [-0.2, -0.15) is 0 Å². The van der Waals surface area contributed by atoms with Gasteiger partial charge in [-0.15, -0.1) is 10.2 Å². The van der Waals surface area contributed by atoms with Crippen molar-refractivity contribution in [3.8, 4) is 11.1 Å². The highest BCUT2D eigenvalue weighted by Gasteiger charge is 2.29. The summed E-state index contributed by atoms with van der Waals surface area (Å²) in [6, 6.07) is 14.8. The maximum Gasteiger partial charge on any atom is 0.232 e. The lowest BCUT2D eigenvalue weighted by Gasteiger charge is -2.42. The molecule has 4 heterocycles.